The van der Waals surface area contributed by atoms with Gasteiger partial charge >= 0.3 is 0 Å². The minimum absolute atomic E-state index is 0.0558. The molecule has 1 amide bonds. The van der Waals surface area contributed by atoms with Gasteiger partial charge in [-0.15, -0.1) is 11.3 Å². The van der Waals surface area contributed by atoms with Crippen LogP contribution in [-0.4, -0.2) is 23.7 Å². The maximum absolute atomic E-state index is 12.7. The summed E-state index contributed by atoms with van der Waals surface area (Å²) in [6.07, 6.45) is 0. The van der Waals surface area contributed by atoms with E-state index in [-0.39, 0.29) is 5.91 Å². The number of fused-ring (bicyclic) bond motifs is 1. The van der Waals surface area contributed by atoms with Crippen molar-refractivity contribution in [1.82, 2.24) is 9.88 Å². The average Bonchev–Trinajstić information content (AvgIpc) is 3.21. The molecule has 0 radical (unpaired) electrons. The van der Waals surface area contributed by atoms with Crippen molar-refractivity contribution in [3.05, 3.63) is 63.1 Å². The molecule has 0 saturated heterocycles. The van der Waals surface area contributed by atoms with Gasteiger partial charge in [-0.25, -0.2) is 0 Å². The van der Waals surface area contributed by atoms with Crippen LogP contribution in [0.1, 0.15) is 32.2 Å². The highest BCUT2D eigenvalue weighted by molar-refractivity contribution is 7.10. The number of nitrogens with zero attached hydrogens (tertiary/aromatic N) is 1. The highest BCUT2D eigenvalue weighted by atomic mass is 32.1. The number of amides is 1. The topological polar surface area (TPSA) is 52.5 Å². The summed E-state index contributed by atoms with van der Waals surface area (Å²) in [6, 6.07) is 9.88. The second kappa shape index (κ2) is 7.12. The fraction of sp³-hybridized carbons (Fsp3) is 0.286. The monoisotopic (exact) mass is 382 g/mol. The van der Waals surface area contributed by atoms with Crippen molar-refractivity contribution < 1.29 is 14.3 Å². The van der Waals surface area contributed by atoms with Crippen LogP contribution in [0.4, 0.5) is 0 Å². The number of rotatable bonds is 4. The van der Waals surface area contributed by atoms with Gasteiger partial charge < -0.3 is 19.4 Å². The molecule has 1 N–H and O–H groups in total. The van der Waals surface area contributed by atoms with E-state index in [4.69, 9.17) is 9.47 Å². The molecule has 0 aliphatic carbocycles. The van der Waals surface area contributed by atoms with Gasteiger partial charge in [0.25, 0.3) is 5.91 Å². The van der Waals surface area contributed by atoms with E-state index in [9.17, 15) is 4.79 Å². The SMILES string of the molecule is Cc1ccsc1CNC(=O)c1cc(C)n(-c2ccc3c(c2)OCCO3)c1C. The molecule has 27 heavy (non-hydrogen) atoms. The number of ether oxygens (including phenoxy) is 2. The van der Waals surface area contributed by atoms with Crippen LogP contribution in [0.15, 0.2) is 35.7 Å². The summed E-state index contributed by atoms with van der Waals surface area (Å²) in [5.74, 6) is 1.45. The number of hydrogen-bond donors (Lipinski definition) is 1. The first kappa shape index (κ1) is 17.7. The summed E-state index contributed by atoms with van der Waals surface area (Å²) in [7, 11) is 0. The lowest BCUT2D eigenvalue weighted by atomic mass is 10.2. The smallest absolute Gasteiger partial charge is 0.253 e. The lowest BCUT2D eigenvalue weighted by Gasteiger charge is -2.20. The van der Waals surface area contributed by atoms with Gasteiger partial charge in [0.05, 0.1) is 12.1 Å². The van der Waals surface area contributed by atoms with E-state index in [0.29, 0.717) is 25.3 Å². The molecule has 0 spiro atoms. The van der Waals surface area contributed by atoms with E-state index in [0.717, 1.165) is 28.6 Å². The molecule has 1 aromatic carbocycles. The lowest BCUT2D eigenvalue weighted by Crippen LogP contribution is -2.23. The minimum Gasteiger partial charge on any atom is -0.486 e. The predicted molar refractivity (Wildman–Crippen MR) is 106 cm³/mol. The first-order valence-corrected chi connectivity index (χ1v) is 9.82. The number of nitrogens with one attached hydrogen (secondary N) is 1. The molecule has 0 fully saturated rings. The highest BCUT2D eigenvalue weighted by Gasteiger charge is 2.19. The Morgan fingerprint density at radius 1 is 1.11 bits per heavy atom. The van der Waals surface area contributed by atoms with E-state index in [2.05, 4.69) is 22.9 Å². The normalized spacial score (nSPS) is 12.9. The van der Waals surface area contributed by atoms with Crippen molar-refractivity contribution in [2.45, 2.75) is 27.3 Å². The molecule has 6 heteroatoms. The van der Waals surface area contributed by atoms with Gasteiger partial charge in [-0.3, -0.25) is 4.79 Å². The number of aryl methyl sites for hydroxylation is 2. The zero-order valence-electron chi connectivity index (χ0n) is 15.7. The second-order valence-corrected chi connectivity index (χ2v) is 7.66. The summed E-state index contributed by atoms with van der Waals surface area (Å²) in [5, 5.41) is 5.08. The Morgan fingerprint density at radius 2 is 1.89 bits per heavy atom. The molecule has 0 unspecified atom stereocenters. The fourth-order valence-corrected chi connectivity index (χ4v) is 4.25. The molecule has 4 rings (SSSR count). The first-order chi connectivity index (χ1) is 13.0. The molecular weight excluding hydrogens is 360 g/mol. The van der Waals surface area contributed by atoms with Crippen molar-refractivity contribution in [2.24, 2.45) is 0 Å². The number of aromatic nitrogens is 1. The fourth-order valence-electron chi connectivity index (χ4n) is 3.40. The first-order valence-electron chi connectivity index (χ1n) is 8.94. The van der Waals surface area contributed by atoms with E-state index in [1.165, 1.54) is 10.4 Å². The molecule has 140 valence electrons. The Balaban J connectivity index is 1.60. The number of thiophene rings is 1. The summed E-state index contributed by atoms with van der Waals surface area (Å²) in [4.78, 5) is 13.9. The molecule has 0 saturated carbocycles. The zero-order valence-corrected chi connectivity index (χ0v) is 16.5. The van der Waals surface area contributed by atoms with Crippen LogP contribution in [-0.2, 0) is 6.54 Å². The van der Waals surface area contributed by atoms with Crippen molar-refractivity contribution in [3.8, 4) is 17.2 Å². The van der Waals surface area contributed by atoms with Crippen molar-refractivity contribution in [1.29, 1.82) is 0 Å². The van der Waals surface area contributed by atoms with Crippen LogP contribution in [0, 0.1) is 20.8 Å². The van der Waals surface area contributed by atoms with Gasteiger partial charge in [-0.2, -0.15) is 0 Å². The number of carbonyl (C=O) groups excluding carboxylic acids is 1. The maximum atomic E-state index is 12.7. The summed E-state index contributed by atoms with van der Waals surface area (Å²) < 4.78 is 13.4. The van der Waals surface area contributed by atoms with Crippen LogP contribution >= 0.6 is 11.3 Å². The Bertz CT molecular complexity index is 1000. The van der Waals surface area contributed by atoms with Crippen LogP contribution in [0.3, 0.4) is 0 Å². The second-order valence-electron chi connectivity index (χ2n) is 6.66. The van der Waals surface area contributed by atoms with Gasteiger partial charge in [0, 0.05) is 28.0 Å². The molecule has 0 bridgehead atoms. The average molecular weight is 382 g/mol. The standard InChI is InChI=1S/C21H22N2O3S/c1-13-6-9-27-20(13)12-22-21(24)17-10-14(2)23(15(17)3)16-4-5-18-19(11-16)26-8-7-25-18/h4-6,9-11H,7-8,12H2,1-3H3,(H,22,24). The largest absolute Gasteiger partial charge is 0.486 e. The molecule has 0 atom stereocenters. The van der Waals surface area contributed by atoms with Gasteiger partial charge in [0.15, 0.2) is 11.5 Å². The maximum Gasteiger partial charge on any atom is 0.253 e. The molecule has 5 nitrogen and oxygen atoms in total. The molecule has 2 aromatic heterocycles. The quantitative estimate of drug-likeness (QED) is 0.737. The van der Waals surface area contributed by atoms with Crippen LogP contribution in [0.5, 0.6) is 11.5 Å². The molecular formula is C21H22N2O3S. The van der Waals surface area contributed by atoms with Gasteiger partial charge in [0.2, 0.25) is 0 Å². The summed E-state index contributed by atoms with van der Waals surface area (Å²) in [6.45, 7) is 7.71. The van der Waals surface area contributed by atoms with Crippen molar-refractivity contribution >= 4 is 17.2 Å². The number of benzene rings is 1. The van der Waals surface area contributed by atoms with Crippen molar-refractivity contribution in [2.75, 3.05) is 13.2 Å². The third kappa shape index (κ3) is 3.32. The molecule has 3 heterocycles. The molecule has 3 aromatic rings. The Labute approximate surface area is 162 Å². The van der Waals surface area contributed by atoms with Gasteiger partial charge in [0.1, 0.15) is 13.2 Å². The lowest BCUT2D eigenvalue weighted by molar-refractivity contribution is 0.0950. The summed E-state index contributed by atoms with van der Waals surface area (Å²) >= 11 is 1.66. The van der Waals surface area contributed by atoms with E-state index < -0.39 is 0 Å². The van der Waals surface area contributed by atoms with Gasteiger partial charge in [-0.1, -0.05) is 0 Å². The third-order valence-corrected chi connectivity index (χ3v) is 5.86. The zero-order chi connectivity index (χ0) is 19.0. The van der Waals surface area contributed by atoms with Gasteiger partial charge in [-0.05, 0) is 56.0 Å². The minimum atomic E-state index is -0.0558. The van der Waals surface area contributed by atoms with E-state index in [1.807, 2.05) is 43.5 Å². The van der Waals surface area contributed by atoms with E-state index in [1.54, 1.807) is 11.3 Å². The summed E-state index contributed by atoms with van der Waals surface area (Å²) in [5.41, 5.74) is 4.77. The Hall–Kier alpha value is -2.73. The molecule has 1 aliphatic heterocycles. The van der Waals surface area contributed by atoms with Crippen molar-refractivity contribution in [3.63, 3.8) is 0 Å². The van der Waals surface area contributed by atoms with Crippen LogP contribution in [0.2, 0.25) is 0 Å². The van der Waals surface area contributed by atoms with Crippen LogP contribution in [0.25, 0.3) is 5.69 Å². The highest BCUT2D eigenvalue weighted by Crippen LogP contribution is 2.33. The third-order valence-electron chi connectivity index (χ3n) is 4.84. The molecule has 1 aliphatic rings. The Morgan fingerprint density at radius 3 is 2.63 bits per heavy atom. The van der Waals surface area contributed by atoms with Crippen LogP contribution < -0.4 is 14.8 Å². The number of hydrogen-bond acceptors (Lipinski definition) is 4. The Kier molecular flexibility index (Phi) is 4.66. The van der Waals surface area contributed by atoms with E-state index >= 15 is 0 Å². The predicted octanol–water partition coefficient (Wildman–Crippen LogP) is 4.17. The number of carbonyl (C=O) groups is 1.